The quantitative estimate of drug-likeness (QED) is 0.0925. The Morgan fingerprint density at radius 3 is 1.66 bits per heavy atom. The van der Waals surface area contributed by atoms with Crippen molar-refractivity contribution in [2.45, 2.75) is 35.5 Å². The van der Waals surface area contributed by atoms with Crippen LogP contribution in [0.1, 0.15) is 46.4 Å². The molecule has 0 saturated carbocycles. The molecule has 6 heterocycles. The lowest BCUT2D eigenvalue weighted by Gasteiger charge is -2.22. The number of aromatic nitrogens is 3. The van der Waals surface area contributed by atoms with Crippen molar-refractivity contribution in [2.24, 2.45) is 0 Å². The van der Waals surface area contributed by atoms with E-state index in [2.05, 4.69) is 45.9 Å². The van der Waals surface area contributed by atoms with E-state index in [4.69, 9.17) is 4.42 Å². The summed E-state index contributed by atoms with van der Waals surface area (Å²) in [4.78, 5) is 37.1. The predicted octanol–water partition coefficient (Wildman–Crippen LogP) is 7.95. The minimum atomic E-state index is -1.11. The number of nitrogens with zero attached hydrogens (tertiary/aromatic N) is 8. The first-order valence-corrected chi connectivity index (χ1v) is 24.6. The fraction of sp³-hybridized carbons (Fsp3) is 0.250. The molecular weight excluding hydrogens is 897 g/mol. The van der Waals surface area contributed by atoms with Gasteiger partial charge in [0, 0.05) is 161 Å². The second-order valence-electron chi connectivity index (χ2n) is 18.7. The van der Waals surface area contributed by atoms with Gasteiger partial charge in [-0.3, -0.25) is 0 Å². The van der Waals surface area contributed by atoms with Crippen LogP contribution in [-0.2, 0) is 0 Å². The Hall–Kier alpha value is -7.71. The van der Waals surface area contributed by atoms with E-state index in [9.17, 15) is 19.8 Å². The Kier molecular flexibility index (Phi) is 12.5. The minimum Gasteiger partial charge on any atom is -0.478 e. The number of hydrogen-bond donors (Lipinski definition) is 2. The summed E-state index contributed by atoms with van der Waals surface area (Å²) >= 11 is 1.46. The van der Waals surface area contributed by atoms with E-state index in [1.807, 2.05) is 156 Å². The molecule has 0 spiro atoms. The van der Waals surface area contributed by atoms with Gasteiger partial charge in [0.15, 0.2) is 47.6 Å². The van der Waals surface area contributed by atoms with Crippen molar-refractivity contribution < 1.29 is 37.9 Å². The molecule has 1 aliphatic carbocycles. The monoisotopic (exact) mass is 954 g/mol. The predicted molar refractivity (Wildman–Crippen MR) is 276 cm³/mol. The van der Waals surface area contributed by atoms with Crippen LogP contribution in [-0.4, -0.2) is 90.6 Å². The van der Waals surface area contributed by atoms with Crippen molar-refractivity contribution in [3.05, 3.63) is 151 Å². The second-order valence-corrected chi connectivity index (χ2v) is 19.7. The van der Waals surface area contributed by atoms with Gasteiger partial charge < -0.3 is 34.2 Å². The molecule has 3 aromatic carbocycles. The van der Waals surface area contributed by atoms with Gasteiger partial charge in [0.2, 0.25) is 11.0 Å². The number of benzene rings is 4. The van der Waals surface area contributed by atoms with Crippen LogP contribution in [0.5, 0.6) is 0 Å². The molecule has 2 saturated heterocycles. The zero-order valence-corrected chi connectivity index (χ0v) is 41.3. The Morgan fingerprint density at radius 1 is 0.586 bits per heavy atom. The van der Waals surface area contributed by atoms with E-state index >= 15 is 0 Å². The molecule has 0 radical (unpaired) electrons. The number of carbonyl (C=O) groups is 2. The third kappa shape index (κ3) is 8.68. The number of aromatic carboxylic acids is 2. The number of rotatable bonds is 12. The molecule has 6 aromatic rings. The summed E-state index contributed by atoms with van der Waals surface area (Å²) < 4.78 is 15.4. The summed E-state index contributed by atoms with van der Waals surface area (Å²) in [5, 5.41) is 24.0. The van der Waals surface area contributed by atoms with Crippen LogP contribution in [0, 0.1) is 0 Å². The smallest absolute Gasteiger partial charge is 0.343 e. The molecular formula is C56H58N8O5S+4. The maximum absolute atomic E-state index is 15.0. The second kappa shape index (κ2) is 19.0. The van der Waals surface area contributed by atoms with E-state index in [0.717, 1.165) is 106 Å². The van der Waals surface area contributed by atoms with Gasteiger partial charge >= 0.3 is 17.6 Å². The van der Waals surface area contributed by atoms with Gasteiger partial charge in [-0.1, -0.05) is 11.8 Å². The highest BCUT2D eigenvalue weighted by molar-refractivity contribution is 7.99. The zero-order valence-electron chi connectivity index (χ0n) is 40.5. The van der Waals surface area contributed by atoms with Crippen molar-refractivity contribution in [3.8, 4) is 39.5 Å². The van der Waals surface area contributed by atoms with Crippen molar-refractivity contribution in [3.63, 3.8) is 0 Å². The molecule has 4 aliphatic rings. The summed E-state index contributed by atoms with van der Waals surface area (Å²) in [6.45, 7) is 3.81. The topological polar surface area (TPSA) is 115 Å². The summed E-state index contributed by atoms with van der Waals surface area (Å²) in [5.74, 6) is -1.48. The minimum absolute atomic E-state index is 0.0904. The molecule has 354 valence electrons. The molecule has 2 fully saturated rings. The highest BCUT2D eigenvalue weighted by atomic mass is 32.2. The summed E-state index contributed by atoms with van der Waals surface area (Å²) in [5.41, 5.74) is 8.54. The lowest BCUT2D eigenvalue weighted by atomic mass is 9.87. The van der Waals surface area contributed by atoms with Gasteiger partial charge in [-0.2, -0.15) is 13.7 Å². The van der Waals surface area contributed by atoms with Crippen molar-refractivity contribution in [2.75, 3.05) is 88.1 Å². The Bertz CT molecular complexity index is 3320. The van der Waals surface area contributed by atoms with Crippen LogP contribution >= 0.6 is 11.8 Å². The molecule has 0 atom stereocenters. The van der Waals surface area contributed by atoms with Gasteiger partial charge in [0.25, 0.3) is 5.69 Å². The van der Waals surface area contributed by atoms with Crippen LogP contribution in [0.25, 0.3) is 50.5 Å². The Balaban J connectivity index is 1.43. The maximum Gasteiger partial charge on any atom is 0.343 e. The van der Waals surface area contributed by atoms with E-state index in [-0.39, 0.29) is 11.1 Å². The normalized spacial score (nSPS) is 13.6. The molecule has 10 rings (SSSR count). The standard InChI is InChI=1S/C56H56N8O5S/c1-57(2)38-19-29-62(30-20-38)51-50(56(67)68)49(48-44-17-13-41(60-25-7-8-26-60)35-46(44)69-47-36-42(14-18-45(47)48)61-27-9-10-28-61)52(63-31-21-39(22-32-63)58(3)4)54(70-43-15-11-37(12-16-43)55(65)66)53(51)64-33-23-40(24-34-64)59(5)6/h11-24,29-36H,7-10,25-28H2,1-6H3/q+2/p+2. The average Bonchev–Trinajstić information content (AvgIpc) is 4.12. The first-order valence-electron chi connectivity index (χ1n) is 23.7. The highest BCUT2D eigenvalue weighted by Crippen LogP contribution is 2.49. The van der Waals surface area contributed by atoms with Crippen LogP contribution in [0.2, 0.25) is 0 Å². The number of fused-ring (bicyclic) bond motifs is 2. The van der Waals surface area contributed by atoms with E-state index in [1.54, 1.807) is 12.1 Å². The van der Waals surface area contributed by atoms with Gasteiger partial charge in [-0.15, -0.1) is 0 Å². The number of pyridine rings is 3. The van der Waals surface area contributed by atoms with E-state index in [1.165, 1.54) is 11.8 Å². The molecule has 13 nitrogen and oxygen atoms in total. The summed E-state index contributed by atoms with van der Waals surface area (Å²) in [6.07, 6.45) is 16.2. The van der Waals surface area contributed by atoms with Crippen LogP contribution < -0.4 is 43.2 Å². The molecule has 3 aliphatic heterocycles. The van der Waals surface area contributed by atoms with Gasteiger partial charge in [-0.05, 0) is 55.3 Å². The van der Waals surface area contributed by atoms with E-state index < -0.39 is 11.9 Å². The van der Waals surface area contributed by atoms with Crippen LogP contribution in [0.15, 0.2) is 148 Å². The SMILES string of the molecule is CN(C)c1cc[n+](-c2c(Sc3ccc(C(=O)O)cc3)c(-[n+]3ccc(N(C)C)cc3)c(-[n+]3ccc(N(C)C)cc3)c(C(=O)O)c2-c2c3ccc(=[N+]4CCCC4)cc-3oc3cc(N4CCCC4)ccc23)cc1. The highest BCUT2D eigenvalue weighted by Gasteiger charge is 2.44. The van der Waals surface area contributed by atoms with Crippen molar-refractivity contribution in [1.29, 1.82) is 0 Å². The lowest BCUT2D eigenvalue weighted by Crippen LogP contribution is -2.43. The fourth-order valence-corrected chi connectivity index (χ4v) is 10.9. The van der Waals surface area contributed by atoms with Crippen molar-refractivity contribution in [1.82, 2.24) is 4.58 Å². The molecule has 70 heavy (non-hydrogen) atoms. The zero-order chi connectivity index (χ0) is 48.8. The molecule has 14 heteroatoms. The first kappa shape index (κ1) is 46.0. The number of carboxylic acid groups (broad SMARTS) is 2. The molecule has 3 aromatic heterocycles. The summed E-state index contributed by atoms with van der Waals surface area (Å²) in [6, 6.07) is 31.6. The molecule has 0 amide bonds. The Morgan fingerprint density at radius 2 is 1.13 bits per heavy atom. The number of hydrogen-bond acceptors (Lipinski definition) is 8. The van der Waals surface area contributed by atoms with Gasteiger partial charge in [-0.25, -0.2) is 14.2 Å². The number of anilines is 4. The number of carboxylic acids is 2. The van der Waals surface area contributed by atoms with Crippen molar-refractivity contribution >= 4 is 57.4 Å². The lowest BCUT2D eigenvalue weighted by molar-refractivity contribution is -0.637. The van der Waals surface area contributed by atoms with Crippen LogP contribution in [0.4, 0.5) is 22.7 Å². The third-order valence-electron chi connectivity index (χ3n) is 13.6. The molecule has 2 N–H and O–H groups in total. The van der Waals surface area contributed by atoms with E-state index in [0.29, 0.717) is 34.0 Å². The summed E-state index contributed by atoms with van der Waals surface area (Å²) in [7, 11) is 11.9. The Labute approximate surface area is 412 Å². The molecule has 0 bridgehead atoms. The van der Waals surface area contributed by atoms with Gasteiger partial charge in [0.1, 0.15) is 24.4 Å². The third-order valence-corrected chi connectivity index (χ3v) is 14.7. The molecule has 0 unspecified atom stereocenters. The largest absolute Gasteiger partial charge is 0.478 e. The first-order chi connectivity index (χ1) is 33.8. The van der Waals surface area contributed by atoms with Gasteiger partial charge in [0.05, 0.1) is 17.2 Å². The maximum atomic E-state index is 15.0. The fourth-order valence-electron chi connectivity index (χ4n) is 9.84. The average molecular weight is 955 g/mol. The van der Waals surface area contributed by atoms with Crippen LogP contribution in [0.3, 0.4) is 0 Å².